The summed E-state index contributed by atoms with van der Waals surface area (Å²) in [6.45, 7) is 12.5. The molecule has 3 aromatic heterocycles. The van der Waals surface area contributed by atoms with E-state index in [0.29, 0.717) is 10.6 Å². The van der Waals surface area contributed by atoms with Gasteiger partial charge in [0.15, 0.2) is 5.78 Å². The number of ether oxygens (including phenoxy) is 2. The molecule has 236 valence electrons. The van der Waals surface area contributed by atoms with Gasteiger partial charge in [-0.1, -0.05) is 11.3 Å². The van der Waals surface area contributed by atoms with Crippen molar-refractivity contribution in [2.45, 2.75) is 85.2 Å². The second-order valence-electron chi connectivity index (χ2n) is 11.8. The monoisotopic (exact) mass is 628 g/mol. The number of benzene rings is 1. The highest BCUT2D eigenvalue weighted by Gasteiger charge is 2.37. The Morgan fingerprint density at radius 3 is 2.32 bits per heavy atom. The van der Waals surface area contributed by atoms with Crippen molar-refractivity contribution in [3.05, 3.63) is 68.4 Å². The Bertz CT molecular complexity index is 1840. The van der Waals surface area contributed by atoms with Crippen molar-refractivity contribution in [1.29, 1.82) is 0 Å². The van der Waals surface area contributed by atoms with E-state index in [0.717, 1.165) is 15.9 Å². The van der Waals surface area contributed by atoms with E-state index in [-0.39, 0.29) is 39.9 Å². The van der Waals surface area contributed by atoms with Crippen LogP contribution in [0.1, 0.15) is 65.7 Å². The first kappa shape index (κ1) is 32.7. The Morgan fingerprint density at radius 2 is 1.75 bits per heavy atom. The van der Waals surface area contributed by atoms with Crippen molar-refractivity contribution in [2.24, 2.45) is 0 Å². The number of halogens is 1. The average molecular weight is 629 g/mol. The third-order valence-electron chi connectivity index (χ3n) is 7.49. The fraction of sp³-hybridized carbons (Fsp3) is 0.467. The van der Waals surface area contributed by atoms with Gasteiger partial charge in [-0.25, -0.2) is 13.8 Å². The third kappa shape index (κ3) is 5.95. The molecule has 0 aliphatic carbocycles. The van der Waals surface area contributed by atoms with Gasteiger partial charge in [-0.3, -0.25) is 19.0 Å². The van der Waals surface area contributed by atoms with Crippen LogP contribution in [0, 0.1) is 12.7 Å². The van der Waals surface area contributed by atoms with Crippen molar-refractivity contribution in [2.75, 3.05) is 7.11 Å². The second kappa shape index (κ2) is 12.1. The number of ketones is 1. The average Bonchev–Trinajstić information content (AvgIpc) is 3.58. The van der Waals surface area contributed by atoms with Gasteiger partial charge in [0.2, 0.25) is 5.91 Å². The zero-order chi connectivity index (χ0) is 32.7. The maximum atomic E-state index is 14.6. The molecule has 0 fully saturated rings. The van der Waals surface area contributed by atoms with Crippen LogP contribution in [-0.4, -0.2) is 54.6 Å². The Labute approximate surface area is 257 Å². The van der Waals surface area contributed by atoms with E-state index < -0.39 is 40.2 Å². The Morgan fingerprint density at radius 1 is 1.11 bits per heavy atom. The van der Waals surface area contributed by atoms with Gasteiger partial charge in [0.25, 0.3) is 5.56 Å². The van der Waals surface area contributed by atoms with Crippen molar-refractivity contribution < 1.29 is 23.5 Å². The van der Waals surface area contributed by atoms with Crippen molar-refractivity contribution in [3.63, 3.8) is 0 Å². The summed E-state index contributed by atoms with van der Waals surface area (Å²) in [5, 5.41) is 11.9. The van der Waals surface area contributed by atoms with Crippen LogP contribution in [0.25, 0.3) is 15.2 Å². The van der Waals surface area contributed by atoms with Crippen LogP contribution in [0.3, 0.4) is 0 Å². The maximum Gasteiger partial charge on any atom is 0.333 e. The van der Waals surface area contributed by atoms with Gasteiger partial charge in [-0.15, -0.1) is 4.80 Å². The normalized spacial score (nSPS) is 13.0. The number of aromatic nitrogens is 5. The summed E-state index contributed by atoms with van der Waals surface area (Å²) in [5.41, 5.74) is -3.67. The summed E-state index contributed by atoms with van der Waals surface area (Å²) in [6.07, 6.45) is 1.87. The lowest BCUT2D eigenvalue weighted by molar-refractivity contribution is -0.147. The summed E-state index contributed by atoms with van der Waals surface area (Å²) < 4.78 is 28.7. The number of thiophene rings is 1. The van der Waals surface area contributed by atoms with Crippen molar-refractivity contribution in [3.8, 4) is 10.8 Å². The van der Waals surface area contributed by atoms with Crippen molar-refractivity contribution >= 4 is 33.2 Å². The molecule has 4 aromatic rings. The molecule has 0 bridgehead atoms. The molecule has 0 spiro atoms. The van der Waals surface area contributed by atoms with Gasteiger partial charge < -0.3 is 14.8 Å². The molecule has 4 rings (SSSR count). The highest BCUT2D eigenvalue weighted by Crippen LogP contribution is 2.36. The van der Waals surface area contributed by atoms with Crippen LogP contribution < -0.4 is 21.3 Å². The minimum absolute atomic E-state index is 0.183. The van der Waals surface area contributed by atoms with E-state index in [1.165, 1.54) is 67.8 Å². The number of amides is 1. The SMILES string of the molecule is COc1ccc(F)cc1[C@H](Cn1c(=O)n(C(C)(C)C(=O)NC(C)C)c(=O)c2c(C)c(-n3nccn3)sc21)OC(C)(C)C(C)=O. The first-order valence-corrected chi connectivity index (χ1v) is 14.8. The van der Waals surface area contributed by atoms with E-state index in [9.17, 15) is 23.6 Å². The number of Topliss-reactive ketones (excluding diaryl/α,β-unsaturated/α-hetero) is 1. The lowest BCUT2D eigenvalue weighted by atomic mass is 10.0. The predicted molar refractivity (Wildman–Crippen MR) is 164 cm³/mol. The number of hydrogen-bond acceptors (Lipinski definition) is 9. The number of carbonyl (C=O) groups is 2. The molecule has 1 amide bonds. The second-order valence-corrected chi connectivity index (χ2v) is 12.8. The molecule has 0 aliphatic rings. The third-order valence-corrected chi connectivity index (χ3v) is 8.77. The van der Waals surface area contributed by atoms with Crippen LogP contribution >= 0.6 is 11.3 Å². The molecule has 1 N–H and O–H groups in total. The van der Waals surface area contributed by atoms with E-state index in [1.54, 1.807) is 34.6 Å². The van der Waals surface area contributed by atoms with E-state index in [2.05, 4.69) is 15.5 Å². The molecule has 0 saturated carbocycles. The lowest BCUT2D eigenvalue weighted by Crippen LogP contribution is -2.56. The zero-order valence-electron chi connectivity index (χ0n) is 26.2. The van der Waals surface area contributed by atoms with Crippen LogP contribution in [0.2, 0.25) is 0 Å². The molecular weight excluding hydrogens is 591 g/mol. The summed E-state index contributed by atoms with van der Waals surface area (Å²) in [5.74, 6) is -1.14. The van der Waals surface area contributed by atoms with Gasteiger partial charge in [-0.2, -0.15) is 10.2 Å². The minimum Gasteiger partial charge on any atom is -0.496 e. The van der Waals surface area contributed by atoms with Crippen LogP contribution in [-0.2, 0) is 26.4 Å². The molecule has 14 heteroatoms. The van der Waals surface area contributed by atoms with Crippen molar-refractivity contribution in [1.82, 2.24) is 29.4 Å². The van der Waals surface area contributed by atoms with Gasteiger partial charge in [0, 0.05) is 17.2 Å². The zero-order valence-corrected chi connectivity index (χ0v) is 27.0. The van der Waals surface area contributed by atoms with Gasteiger partial charge in [-0.05, 0) is 73.6 Å². The lowest BCUT2D eigenvalue weighted by Gasteiger charge is -2.31. The Balaban J connectivity index is 2.08. The summed E-state index contributed by atoms with van der Waals surface area (Å²) in [7, 11) is 1.41. The Hall–Kier alpha value is -4.17. The molecule has 0 radical (unpaired) electrons. The van der Waals surface area contributed by atoms with Crippen LogP contribution in [0.15, 0.2) is 40.2 Å². The predicted octanol–water partition coefficient (Wildman–Crippen LogP) is 3.65. The first-order valence-electron chi connectivity index (χ1n) is 14.0. The highest BCUT2D eigenvalue weighted by atomic mass is 32.1. The molecular formula is C30H37FN6O6S. The number of rotatable bonds is 11. The summed E-state index contributed by atoms with van der Waals surface area (Å²) in [6, 6.07) is 3.62. The fourth-order valence-electron chi connectivity index (χ4n) is 4.80. The number of methoxy groups -OCH3 is 1. The molecule has 3 heterocycles. The van der Waals surface area contributed by atoms with Gasteiger partial charge in [0.05, 0.1) is 31.4 Å². The maximum absolute atomic E-state index is 14.6. The van der Waals surface area contributed by atoms with E-state index >= 15 is 0 Å². The largest absolute Gasteiger partial charge is 0.496 e. The topological polar surface area (TPSA) is 139 Å². The molecule has 0 aliphatic heterocycles. The summed E-state index contributed by atoms with van der Waals surface area (Å²) >= 11 is 1.11. The Kier molecular flexibility index (Phi) is 8.99. The number of fused-ring (bicyclic) bond motifs is 1. The fourth-order valence-corrected chi connectivity index (χ4v) is 6.02. The quantitative estimate of drug-likeness (QED) is 0.266. The van der Waals surface area contributed by atoms with Crippen LogP contribution in [0.4, 0.5) is 4.39 Å². The number of nitrogens with one attached hydrogen (secondary N) is 1. The standard InChI is InChI=1S/C30H37FN6O6S/c1-16(2)34-27(40)29(5,6)36-24(39)23-17(3)25(37-32-12-13-33-37)44-26(23)35(28(36)41)15-22(43-30(7,8)18(4)38)20-14-19(31)10-11-21(20)42-9/h10-14,16,22H,15H2,1-9H3,(H,34,40)/t22-/m0/s1. The molecule has 1 atom stereocenters. The van der Waals surface area contributed by atoms with Crippen LogP contribution in [0.5, 0.6) is 5.75 Å². The van der Waals surface area contributed by atoms with E-state index in [1.807, 2.05) is 0 Å². The number of hydrogen-bond donors (Lipinski definition) is 1. The molecule has 44 heavy (non-hydrogen) atoms. The number of nitrogens with zero attached hydrogens (tertiary/aromatic N) is 5. The number of carbonyl (C=O) groups excluding carboxylic acids is 2. The van der Waals surface area contributed by atoms with Gasteiger partial charge >= 0.3 is 5.69 Å². The summed E-state index contributed by atoms with van der Waals surface area (Å²) in [4.78, 5) is 56.1. The smallest absolute Gasteiger partial charge is 0.333 e. The first-order chi connectivity index (χ1) is 20.5. The molecule has 0 unspecified atom stereocenters. The van der Waals surface area contributed by atoms with Gasteiger partial charge in [0.1, 0.15) is 38.6 Å². The van der Waals surface area contributed by atoms with E-state index in [4.69, 9.17) is 9.47 Å². The minimum atomic E-state index is -1.61. The number of aryl methyl sites for hydroxylation is 1. The highest BCUT2D eigenvalue weighted by molar-refractivity contribution is 7.21. The molecule has 12 nitrogen and oxygen atoms in total. The molecule has 0 saturated heterocycles. The molecule has 1 aromatic carbocycles.